The van der Waals surface area contributed by atoms with Crippen LogP contribution in [0.25, 0.3) is 0 Å². The van der Waals surface area contributed by atoms with E-state index in [4.69, 9.17) is 11.5 Å². The fourth-order valence-corrected chi connectivity index (χ4v) is 1.50. The van der Waals surface area contributed by atoms with Gasteiger partial charge < -0.3 is 16.8 Å². The molecule has 0 spiro atoms. The molecular weight excluding hydrogens is 237 g/mol. The van der Waals surface area contributed by atoms with Crippen LogP contribution in [0.2, 0.25) is 0 Å². The van der Waals surface area contributed by atoms with Crippen LogP contribution in [0.4, 0.5) is 4.39 Å². The standard InChI is InChI=1S/C12H16FN3O2/c1-7(4-11(14)17)16-6-9-3-2-8(12(15)18)5-10(9)13/h2-3,5,7,16H,4,6H2,1H3,(H2,14,17)(H2,15,18). The molecule has 18 heavy (non-hydrogen) atoms. The molecule has 1 rings (SSSR count). The number of nitrogens with two attached hydrogens (primary N) is 2. The molecule has 0 heterocycles. The van der Waals surface area contributed by atoms with Gasteiger partial charge in [0.25, 0.3) is 0 Å². The van der Waals surface area contributed by atoms with E-state index in [0.717, 1.165) is 6.07 Å². The first-order valence-electron chi connectivity index (χ1n) is 5.50. The van der Waals surface area contributed by atoms with Gasteiger partial charge >= 0.3 is 0 Å². The van der Waals surface area contributed by atoms with Crippen LogP contribution < -0.4 is 16.8 Å². The molecule has 2 amide bonds. The van der Waals surface area contributed by atoms with Crippen molar-refractivity contribution >= 4 is 11.8 Å². The summed E-state index contributed by atoms with van der Waals surface area (Å²) in [5.74, 6) is -1.60. The summed E-state index contributed by atoms with van der Waals surface area (Å²) in [6.07, 6.45) is 0.182. The Balaban J connectivity index is 2.63. The van der Waals surface area contributed by atoms with Crippen LogP contribution in [0.5, 0.6) is 0 Å². The average Bonchev–Trinajstić information content (AvgIpc) is 2.26. The quantitative estimate of drug-likeness (QED) is 0.679. The van der Waals surface area contributed by atoms with Crippen LogP contribution in [-0.2, 0) is 11.3 Å². The van der Waals surface area contributed by atoms with Crippen molar-refractivity contribution in [3.63, 3.8) is 0 Å². The summed E-state index contributed by atoms with van der Waals surface area (Å²) in [6, 6.07) is 3.90. The zero-order valence-corrected chi connectivity index (χ0v) is 10.1. The Hall–Kier alpha value is -1.95. The van der Waals surface area contributed by atoms with Gasteiger partial charge in [0.2, 0.25) is 11.8 Å². The summed E-state index contributed by atoms with van der Waals surface area (Å²) in [4.78, 5) is 21.5. The third-order valence-corrected chi connectivity index (χ3v) is 2.49. The van der Waals surface area contributed by atoms with Crippen molar-refractivity contribution in [1.29, 1.82) is 0 Å². The number of carbonyl (C=O) groups is 2. The van der Waals surface area contributed by atoms with Gasteiger partial charge in [-0.15, -0.1) is 0 Å². The molecule has 5 nitrogen and oxygen atoms in total. The number of amides is 2. The fourth-order valence-electron chi connectivity index (χ4n) is 1.50. The maximum atomic E-state index is 13.6. The van der Waals surface area contributed by atoms with E-state index >= 15 is 0 Å². The van der Waals surface area contributed by atoms with Crippen LogP contribution >= 0.6 is 0 Å². The highest BCUT2D eigenvalue weighted by atomic mass is 19.1. The van der Waals surface area contributed by atoms with Crippen molar-refractivity contribution in [2.45, 2.75) is 25.9 Å². The highest BCUT2D eigenvalue weighted by Gasteiger charge is 2.09. The summed E-state index contributed by atoms with van der Waals surface area (Å²) in [6.45, 7) is 2.03. The molecule has 1 unspecified atom stereocenters. The Kier molecular flexibility index (Phi) is 4.79. The van der Waals surface area contributed by atoms with E-state index in [1.807, 2.05) is 0 Å². The molecule has 5 N–H and O–H groups in total. The Morgan fingerprint density at radius 1 is 1.39 bits per heavy atom. The minimum Gasteiger partial charge on any atom is -0.370 e. The Morgan fingerprint density at radius 2 is 2.06 bits per heavy atom. The second-order valence-corrected chi connectivity index (χ2v) is 4.12. The summed E-state index contributed by atoms with van der Waals surface area (Å²) < 4.78 is 13.6. The minimum atomic E-state index is -0.671. The molecule has 0 fully saturated rings. The first-order chi connectivity index (χ1) is 8.40. The van der Waals surface area contributed by atoms with Crippen LogP contribution in [0.1, 0.15) is 29.3 Å². The summed E-state index contributed by atoms with van der Waals surface area (Å²) in [5, 5.41) is 2.96. The molecule has 0 radical (unpaired) electrons. The Labute approximate surface area is 104 Å². The SMILES string of the molecule is CC(CC(N)=O)NCc1ccc(C(N)=O)cc1F. The molecule has 0 bridgehead atoms. The van der Waals surface area contributed by atoms with Crippen molar-refractivity contribution in [2.75, 3.05) is 0 Å². The number of benzene rings is 1. The summed E-state index contributed by atoms with van der Waals surface area (Å²) >= 11 is 0. The number of primary amides is 2. The van der Waals surface area contributed by atoms with Gasteiger partial charge in [-0.1, -0.05) is 6.07 Å². The number of halogens is 1. The highest BCUT2D eigenvalue weighted by Crippen LogP contribution is 2.10. The topological polar surface area (TPSA) is 98.2 Å². The zero-order chi connectivity index (χ0) is 13.7. The number of hydrogen-bond donors (Lipinski definition) is 3. The van der Waals surface area contributed by atoms with Crippen molar-refractivity contribution in [3.05, 3.63) is 35.1 Å². The van der Waals surface area contributed by atoms with E-state index < -0.39 is 17.6 Å². The predicted molar refractivity (Wildman–Crippen MR) is 65.0 cm³/mol. The first-order valence-corrected chi connectivity index (χ1v) is 5.50. The maximum absolute atomic E-state index is 13.6. The minimum absolute atomic E-state index is 0.126. The molecule has 0 saturated heterocycles. The zero-order valence-electron chi connectivity index (χ0n) is 10.1. The summed E-state index contributed by atoms with van der Waals surface area (Å²) in [7, 11) is 0. The van der Waals surface area contributed by atoms with Gasteiger partial charge in [0.1, 0.15) is 5.82 Å². The lowest BCUT2D eigenvalue weighted by atomic mass is 10.1. The lowest BCUT2D eigenvalue weighted by Crippen LogP contribution is -2.30. The highest BCUT2D eigenvalue weighted by molar-refractivity contribution is 5.92. The monoisotopic (exact) mass is 253 g/mol. The van der Waals surface area contributed by atoms with Crippen molar-refractivity contribution in [3.8, 4) is 0 Å². The third-order valence-electron chi connectivity index (χ3n) is 2.49. The molecule has 98 valence electrons. The molecule has 1 atom stereocenters. The number of nitrogens with one attached hydrogen (secondary N) is 1. The molecule has 1 aromatic rings. The third kappa shape index (κ3) is 4.14. The van der Waals surface area contributed by atoms with Crippen LogP contribution in [0.15, 0.2) is 18.2 Å². The van der Waals surface area contributed by atoms with Crippen molar-refractivity contribution in [2.24, 2.45) is 11.5 Å². The molecule has 6 heteroatoms. The van der Waals surface area contributed by atoms with Gasteiger partial charge in [-0.05, 0) is 19.1 Å². The van der Waals surface area contributed by atoms with Crippen molar-refractivity contribution < 1.29 is 14.0 Å². The molecular formula is C12H16FN3O2. The number of carbonyl (C=O) groups excluding carboxylic acids is 2. The van der Waals surface area contributed by atoms with Gasteiger partial charge in [0, 0.05) is 30.1 Å². The lowest BCUT2D eigenvalue weighted by molar-refractivity contribution is -0.118. The fraction of sp³-hybridized carbons (Fsp3) is 0.333. The van der Waals surface area contributed by atoms with Gasteiger partial charge in [-0.3, -0.25) is 9.59 Å². The predicted octanol–water partition coefficient (Wildman–Crippen LogP) is 0.278. The number of hydrogen-bond acceptors (Lipinski definition) is 3. The van der Waals surface area contributed by atoms with E-state index in [-0.39, 0.29) is 24.6 Å². The van der Waals surface area contributed by atoms with E-state index in [9.17, 15) is 14.0 Å². The maximum Gasteiger partial charge on any atom is 0.248 e. The lowest BCUT2D eigenvalue weighted by Gasteiger charge is -2.12. The van der Waals surface area contributed by atoms with Gasteiger partial charge in [-0.2, -0.15) is 0 Å². The first kappa shape index (κ1) is 14.1. The van der Waals surface area contributed by atoms with Gasteiger partial charge in [-0.25, -0.2) is 4.39 Å². The van der Waals surface area contributed by atoms with E-state index in [2.05, 4.69) is 5.32 Å². The normalized spacial score (nSPS) is 12.1. The number of rotatable bonds is 6. The van der Waals surface area contributed by atoms with Crippen LogP contribution in [0, 0.1) is 5.82 Å². The van der Waals surface area contributed by atoms with Crippen LogP contribution in [-0.4, -0.2) is 17.9 Å². The second kappa shape index (κ2) is 6.11. The smallest absolute Gasteiger partial charge is 0.248 e. The van der Waals surface area contributed by atoms with E-state index in [0.29, 0.717) is 5.56 Å². The Bertz CT molecular complexity index is 463. The summed E-state index contributed by atoms with van der Waals surface area (Å²) in [5.41, 5.74) is 10.6. The molecule has 0 aromatic heterocycles. The average molecular weight is 253 g/mol. The Morgan fingerprint density at radius 3 is 2.56 bits per heavy atom. The molecule has 0 saturated carbocycles. The van der Waals surface area contributed by atoms with Crippen LogP contribution in [0.3, 0.4) is 0 Å². The molecule has 0 aliphatic heterocycles. The largest absolute Gasteiger partial charge is 0.370 e. The van der Waals surface area contributed by atoms with E-state index in [1.165, 1.54) is 12.1 Å². The van der Waals surface area contributed by atoms with Gasteiger partial charge in [0.15, 0.2) is 0 Å². The van der Waals surface area contributed by atoms with Crippen molar-refractivity contribution in [1.82, 2.24) is 5.32 Å². The second-order valence-electron chi connectivity index (χ2n) is 4.12. The molecule has 0 aliphatic carbocycles. The van der Waals surface area contributed by atoms with E-state index in [1.54, 1.807) is 6.92 Å². The molecule has 0 aliphatic rings. The molecule has 1 aromatic carbocycles. The van der Waals surface area contributed by atoms with Gasteiger partial charge in [0.05, 0.1) is 0 Å².